The summed E-state index contributed by atoms with van der Waals surface area (Å²) in [6.45, 7) is 6.14. The lowest BCUT2D eigenvalue weighted by molar-refractivity contribution is 0.0696. The number of hydrogen-bond acceptors (Lipinski definition) is 3. The van der Waals surface area contributed by atoms with Crippen LogP contribution in [0.25, 0.3) is 0 Å². The smallest absolute Gasteiger partial charge is 0.411 e. The van der Waals surface area contributed by atoms with E-state index in [1.165, 1.54) is 0 Å². The van der Waals surface area contributed by atoms with Crippen LogP contribution < -0.4 is 5.32 Å². The summed E-state index contributed by atoms with van der Waals surface area (Å²) >= 11 is 0. The highest BCUT2D eigenvalue weighted by Gasteiger charge is 2.19. The Bertz CT molecular complexity index is 483. The maximum absolute atomic E-state index is 11.6. The minimum Gasteiger partial charge on any atom is -0.478 e. The van der Waals surface area contributed by atoms with Gasteiger partial charge in [0.25, 0.3) is 0 Å². The van der Waals surface area contributed by atoms with E-state index >= 15 is 0 Å². The van der Waals surface area contributed by atoms with Gasteiger partial charge in [0.15, 0.2) is 0 Å². The molecular formula is C15H21NO4. The number of carboxylic acid groups (broad SMARTS) is 1. The molecule has 0 unspecified atom stereocenters. The van der Waals surface area contributed by atoms with Crippen LogP contribution in [0.3, 0.4) is 0 Å². The summed E-state index contributed by atoms with van der Waals surface area (Å²) < 4.78 is 4.98. The molecule has 2 N–H and O–H groups in total. The third-order valence-electron chi connectivity index (χ3n) is 2.90. The van der Waals surface area contributed by atoms with Crippen molar-refractivity contribution >= 4 is 17.7 Å². The van der Waals surface area contributed by atoms with Crippen LogP contribution in [-0.2, 0) is 4.74 Å². The summed E-state index contributed by atoms with van der Waals surface area (Å²) in [5.41, 5.74) is 1.07. The SMILES string of the molecule is CCCCOC(=O)Nc1cccc(C(C)C)c1C(=O)O. The summed E-state index contributed by atoms with van der Waals surface area (Å²) in [6, 6.07) is 5.04. The second kappa shape index (κ2) is 7.53. The molecule has 0 fully saturated rings. The van der Waals surface area contributed by atoms with Crippen molar-refractivity contribution in [3.05, 3.63) is 29.3 Å². The van der Waals surface area contributed by atoms with Gasteiger partial charge < -0.3 is 9.84 Å². The predicted molar refractivity (Wildman–Crippen MR) is 77.4 cm³/mol. The van der Waals surface area contributed by atoms with Gasteiger partial charge in [-0.3, -0.25) is 5.32 Å². The molecule has 0 heterocycles. The van der Waals surface area contributed by atoms with Gasteiger partial charge in [-0.1, -0.05) is 39.3 Å². The maximum Gasteiger partial charge on any atom is 0.411 e. The van der Waals surface area contributed by atoms with Crippen LogP contribution >= 0.6 is 0 Å². The van der Waals surface area contributed by atoms with E-state index in [0.29, 0.717) is 12.2 Å². The number of carbonyl (C=O) groups is 2. The molecule has 0 aliphatic carbocycles. The van der Waals surface area contributed by atoms with Gasteiger partial charge in [-0.25, -0.2) is 9.59 Å². The van der Waals surface area contributed by atoms with Gasteiger partial charge in [0.1, 0.15) is 0 Å². The molecule has 1 aromatic rings. The van der Waals surface area contributed by atoms with Crippen molar-refractivity contribution in [3.63, 3.8) is 0 Å². The molecule has 1 rings (SSSR count). The zero-order valence-electron chi connectivity index (χ0n) is 12.1. The van der Waals surface area contributed by atoms with Gasteiger partial charge in [-0.05, 0) is 24.0 Å². The first-order valence-corrected chi connectivity index (χ1v) is 6.77. The lowest BCUT2D eigenvalue weighted by Crippen LogP contribution is -2.18. The topological polar surface area (TPSA) is 75.6 Å². The molecule has 0 aromatic heterocycles. The summed E-state index contributed by atoms with van der Waals surface area (Å²) in [5, 5.41) is 11.8. The summed E-state index contributed by atoms with van der Waals surface area (Å²) in [6.07, 6.45) is 1.09. The molecule has 0 bridgehead atoms. The maximum atomic E-state index is 11.6. The molecule has 1 amide bonds. The molecule has 0 saturated heterocycles. The van der Waals surface area contributed by atoms with Crippen LogP contribution in [0.5, 0.6) is 0 Å². The van der Waals surface area contributed by atoms with Crippen molar-refractivity contribution in [2.45, 2.75) is 39.5 Å². The van der Waals surface area contributed by atoms with Gasteiger partial charge >= 0.3 is 12.1 Å². The van der Waals surface area contributed by atoms with Crippen molar-refractivity contribution < 1.29 is 19.4 Å². The highest BCUT2D eigenvalue weighted by molar-refractivity contribution is 6.00. The molecule has 0 saturated carbocycles. The average Bonchev–Trinajstić information content (AvgIpc) is 2.38. The monoisotopic (exact) mass is 279 g/mol. The molecule has 0 atom stereocenters. The summed E-state index contributed by atoms with van der Waals surface area (Å²) in [5.74, 6) is -1.00. The van der Waals surface area contributed by atoms with E-state index in [1.54, 1.807) is 18.2 Å². The standard InChI is InChI=1S/C15H21NO4/c1-4-5-9-20-15(19)16-12-8-6-7-11(10(2)3)13(12)14(17)18/h6-8,10H,4-5,9H2,1-3H3,(H,16,19)(H,17,18). The Morgan fingerprint density at radius 2 is 2.05 bits per heavy atom. The van der Waals surface area contributed by atoms with Crippen LogP contribution in [0.2, 0.25) is 0 Å². The highest BCUT2D eigenvalue weighted by Crippen LogP contribution is 2.26. The van der Waals surface area contributed by atoms with E-state index in [0.717, 1.165) is 12.8 Å². The molecule has 0 aliphatic heterocycles. The molecule has 0 aliphatic rings. The van der Waals surface area contributed by atoms with Crippen molar-refractivity contribution in [3.8, 4) is 0 Å². The molecule has 5 nitrogen and oxygen atoms in total. The molecule has 20 heavy (non-hydrogen) atoms. The van der Waals surface area contributed by atoms with Crippen LogP contribution in [0.1, 0.15) is 55.5 Å². The fourth-order valence-corrected chi connectivity index (χ4v) is 1.85. The first-order valence-electron chi connectivity index (χ1n) is 6.77. The zero-order chi connectivity index (χ0) is 15.1. The number of carboxylic acids is 1. The second-order valence-electron chi connectivity index (χ2n) is 4.84. The Morgan fingerprint density at radius 1 is 1.35 bits per heavy atom. The van der Waals surface area contributed by atoms with Gasteiger partial charge in [0.2, 0.25) is 0 Å². The molecule has 110 valence electrons. The molecule has 1 aromatic carbocycles. The van der Waals surface area contributed by atoms with Gasteiger partial charge in [-0.15, -0.1) is 0 Å². The largest absolute Gasteiger partial charge is 0.478 e. The van der Waals surface area contributed by atoms with Crippen LogP contribution in [0, 0.1) is 0 Å². The number of amides is 1. The number of hydrogen-bond donors (Lipinski definition) is 2. The molecule has 5 heteroatoms. The Morgan fingerprint density at radius 3 is 2.60 bits per heavy atom. The Labute approximate surface area is 118 Å². The van der Waals surface area contributed by atoms with Gasteiger partial charge in [0.05, 0.1) is 17.9 Å². The van der Waals surface area contributed by atoms with E-state index in [1.807, 2.05) is 20.8 Å². The Hall–Kier alpha value is -2.04. The number of rotatable bonds is 6. The van der Waals surface area contributed by atoms with Gasteiger partial charge in [0, 0.05) is 0 Å². The lowest BCUT2D eigenvalue weighted by atomic mass is 9.96. The van der Waals surface area contributed by atoms with E-state index in [9.17, 15) is 14.7 Å². The second-order valence-corrected chi connectivity index (χ2v) is 4.84. The van der Waals surface area contributed by atoms with Crippen molar-refractivity contribution in [1.29, 1.82) is 0 Å². The first kappa shape index (κ1) is 16.0. The van der Waals surface area contributed by atoms with Crippen molar-refractivity contribution in [1.82, 2.24) is 0 Å². The summed E-state index contributed by atoms with van der Waals surface area (Å²) in [4.78, 5) is 23.0. The fraction of sp³-hybridized carbons (Fsp3) is 0.467. The summed E-state index contributed by atoms with van der Waals surface area (Å²) in [7, 11) is 0. The van der Waals surface area contributed by atoms with E-state index in [-0.39, 0.29) is 17.2 Å². The van der Waals surface area contributed by atoms with Crippen molar-refractivity contribution in [2.75, 3.05) is 11.9 Å². The Kier molecular flexibility index (Phi) is 6.03. The number of aromatic carboxylic acids is 1. The third-order valence-corrected chi connectivity index (χ3v) is 2.90. The molecule has 0 radical (unpaired) electrons. The minimum atomic E-state index is -1.06. The van der Waals surface area contributed by atoms with Crippen LogP contribution in [-0.4, -0.2) is 23.8 Å². The quantitative estimate of drug-likeness (QED) is 0.775. The first-order chi connectivity index (χ1) is 9.47. The number of unbranched alkanes of at least 4 members (excludes halogenated alkanes) is 1. The van der Waals surface area contributed by atoms with Gasteiger partial charge in [-0.2, -0.15) is 0 Å². The van der Waals surface area contributed by atoms with E-state index in [2.05, 4.69) is 5.32 Å². The number of ether oxygens (including phenoxy) is 1. The molecular weight excluding hydrogens is 258 g/mol. The number of carbonyl (C=O) groups excluding carboxylic acids is 1. The number of anilines is 1. The molecule has 0 spiro atoms. The fourth-order valence-electron chi connectivity index (χ4n) is 1.85. The van der Waals surface area contributed by atoms with Crippen LogP contribution in [0.4, 0.5) is 10.5 Å². The van der Waals surface area contributed by atoms with E-state index < -0.39 is 12.1 Å². The number of benzene rings is 1. The highest BCUT2D eigenvalue weighted by atomic mass is 16.5. The van der Waals surface area contributed by atoms with Crippen molar-refractivity contribution in [2.24, 2.45) is 0 Å². The number of nitrogens with one attached hydrogen (secondary N) is 1. The van der Waals surface area contributed by atoms with Crippen LogP contribution in [0.15, 0.2) is 18.2 Å². The Balaban J connectivity index is 2.92. The third kappa shape index (κ3) is 4.26. The predicted octanol–water partition coefficient (Wildman–Crippen LogP) is 3.86. The average molecular weight is 279 g/mol. The normalized spacial score (nSPS) is 10.4. The lowest BCUT2D eigenvalue weighted by Gasteiger charge is -2.14. The van der Waals surface area contributed by atoms with E-state index in [4.69, 9.17) is 4.74 Å². The zero-order valence-corrected chi connectivity index (χ0v) is 12.1. The minimum absolute atomic E-state index is 0.0546.